The van der Waals surface area contributed by atoms with Crippen molar-refractivity contribution in [3.05, 3.63) is 34.8 Å². The third kappa shape index (κ3) is 3.38. The van der Waals surface area contributed by atoms with E-state index in [0.717, 1.165) is 0 Å². The normalized spacial score (nSPS) is 11.4. The average molecular weight is 281 g/mol. The van der Waals surface area contributed by atoms with E-state index < -0.39 is 10.0 Å². The minimum absolute atomic E-state index is 0.0605. The van der Waals surface area contributed by atoms with Gasteiger partial charge in [-0.3, -0.25) is 0 Å². The highest BCUT2D eigenvalue weighted by molar-refractivity contribution is 7.89. The summed E-state index contributed by atoms with van der Waals surface area (Å²) in [6, 6.07) is 4.21. The fourth-order valence-corrected chi connectivity index (χ4v) is 2.68. The smallest absolute Gasteiger partial charge is 0.242 e. The fraction of sp³-hybridized carbons (Fsp3) is 0.111. The number of halogens is 2. The maximum absolute atomic E-state index is 11.8. The maximum Gasteiger partial charge on any atom is 0.242 e. The second-order valence-electron chi connectivity index (χ2n) is 3.03. The van der Waals surface area contributed by atoms with Crippen LogP contribution >= 0.6 is 23.2 Å². The number of sulfonamides is 1. The lowest BCUT2D eigenvalue weighted by molar-refractivity contribution is 0.585. The zero-order valence-corrected chi connectivity index (χ0v) is 10.5. The van der Waals surface area contributed by atoms with Crippen molar-refractivity contribution in [1.29, 1.82) is 0 Å². The van der Waals surface area contributed by atoms with Crippen molar-refractivity contribution in [3.63, 3.8) is 0 Å². The van der Waals surface area contributed by atoms with Crippen LogP contribution in [0.3, 0.4) is 0 Å². The van der Waals surface area contributed by atoms with Crippen LogP contribution in [0.15, 0.2) is 34.7 Å². The molecule has 0 atom stereocenters. The molecule has 0 radical (unpaired) electrons. The Bertz CT molecular complexity index is 514. The van der Waals surface area contributed by atoms with Gasteiger partial charge in [0.15, 0.2) is 0 Å². The molecule has 1 rings (SSSR count). The fourth-order valence-electron chi connectivity index (χ4n) is 0.977. The molecule has 0 aliphatic heterocycles. The predicted molar refractivity (Wildman–Crippen MR) is 66.0 cm³/mol. The number of nitrogens with one attached hydrogen (secondary N) is 1. The molecule has 7 heteroatoms. The SMILES string of the molecule is C=C(Cl)CNS(=O)(=O)c1cc(N)ccc1Cl. The number of rotatable bonds is 4. The first-order valence-corrected chi connectivity index (χ1v) is 6.45. The minimum Gasteiger partial charge on any atom is -0.399 e. The molecule has 1 aromatic rings. The summed E-state index contributed by atoms with van der Waals surface area (Å²) in [5, 5.41) is 0.283. The Morgan fingerprint density at radius 3 is 2.69 bits per heavy atom. The quantitative estimate of drug-likeness (QED) is 0.828. The lowest BCUT2D eigenvalue weighted by Gasteiger charge is -2.08. The van der Waals surface area contributed by atoms with Crippen LogP contribution in [-0.4, -0.2) is 15.0 Å². The molecule has 0 aliphatic carbocycles. The Kier molecular flexibility index (Phi) is 4.21. The Hall–Kier alpha value is -0.750. The molecule has 4 nitrogen and oxygen atoms in total. The van der Waals surface area contributed by atoms with Crippen LogP contribution in [-0.2, 0) is 10.0 Å². The van der Waals surface area contributed by atoms with Gasteiger partial charge in [-0.05, 0) is 18.2 Å². The molecule has 1 aromatic carbocycles. The van der Waals surface area contributed by atoms with Crippen LogP contribution in [0, 0.1) is 0 Å². The molecular weight excluding hydrogens is 271 g/mol. The van der Waals surface area contributed by atoms with Crippen molar-refractivity contribution < 1.29 is 8.42 Å². The number of hydrogen-bond acceptors (Lipinski definition) is 3. The summed E-state index contributed by atoms with van der Waals surface area (Å²) in [6.07, 6.45) is 0. The van der Waals surface area contributed by atoms with Crippen LogP contribution < -0.4 is 10.5 Å². The molecule has 0 saturated carbocycles. The molecule has 0 aliphatic rings. The molecule has 0 spiro atoms. The van der Waals surface area contributed by atoms with Crippen LogP contribution in [0.4, 0.5) is 5.69 Å². The number of nitrogens with two attached hydrogens (primary N) is 1. The molecule has 0 aromatic heterocycles. The van der Waals surface area contributed by atoms with E-state index in [-0.39, 0.29) is 21.5 Å². The summed E-state index contributed by atoms with van der Waals surface area (Å²) in [5.41, 5.74) is 5.80. The first-order chi connectivity index (χ1) is 7.33. The standard InChI is InChI=1S/C9H10Cl2N2O2S/c1-6(10)5-13-16(14,15)9-4-7(12)2-3-8(9)11/h2-4,13H,1,5,12H2. The first kappa shape index (κ1) is 13.3. The van der Waals surface area contributed by atoms with E-state index in [0.29, 0.717) is 5.69 Å². The van der Waals surface area contributed by atoms with Crippen LogP contribution in [0.1, 0.15) is 0 Å². The molecule has 0 amide bonds. The first-order valence-electron chi connectivity index (χ1n) is 4.21. The van der Waals surface area contributed by atoms with E-state index in [4.69, 9.17) is 28.9 Å². The monoisotopic (exact) mass is 280 g/mol. The summed E-state index contributed by atoms with van der Waals surface area (Å²) >= 11 is 11.2. The zero-order chi connectivity index (χ0) is 12.3. The van der Waals surface area contributed by atoms with Gasteiger partial charge in [0.2, 0.25) is 10.0 Å². The van der Waals surface area contributed by atoms with Crippen LogP contribution in [0.25, 0.3) is 0 Å². The van der Waals surface area contributed by atoms with Gasteiger partial charge in [0, 0.05) is 17.3 Å². The van der Waals surface area contributed by atoms with E-state index in [2.05, 4.69) is 11.3 Å². The van der Waals surface area contributed by atoms with Gasteiger partial charge in [-0.15, -0.1) is 0 Å². The highest BCUT2D eigenvalue weighted by Gasteiger charge is 2.17. The molecule has 3 N–H and O–H groups in total. The number of hydrogen-bond donors (Lipinski definition) is 2. The lowest BCUT2D eigenvalue weighted by atomic mass is 10.3. The van der Waals surface area contributed by atoms with Gasteiger partial charge in [-0.1, -0.05) is 29.8 Å². The number of nitrogen functional groups attached to an aromatic ring is 1. The highest BCUT2D eigenvalue weighted by Crippen LogP contribution is 2.23. The number of benzene rings is 1. The highest BCUT2D eigenvalue weighted by atomic mass is 35.5. The summed E-state index contributed by atoms with van der Waals surface area (Å²) in [5.74, 6) is 0. The summed E-state index contributed by atoms with van der Waals surface area (Å²) in [7, 11) is -3.72. The molecule has 0 unspecified atom stereocenters. The van der Waals surface area contributed by atoms with Gasteiger partial charge in [0.25, 0.3) is 0 Å². The molecular formula is C9H10Cl2N2O2S. The zero-order valence-electron chi connectivity index (χ0n) is 8.20. The molecule has 16 heavy (non-hydrogen) atoms. The van der Waals surface area contributed by atoms with E-state index in [1.54, 1.807) is 0 Å². The van der Waals surface area contributed by atoms with Crippen molar-refractivity contribution in [3.8, 4) is 0 Å². The van der Waals surface area contributed by atoms with Gasteiger partial charge in [-0.25, -0.2) is 13.1 Å². The third-order valence-corrected chi connectivity index (χ3v) is 3.72. The molecule has 0 saturated heterocycles. The van der Waals surface area contributed by atoms with Crippen LogP contribution in [0.5, 0.6) is 0 Å². The average Bonchev–Trinajstić information content (AvgIpc) is 2.19. The molecule has 0 bridgehead atoms. The Morgan fingerprint density at radius 2 is 2.12 bits per heavy atom. The predicted octanol–water partition coefficient (Wildman–Crippen LogP) is 1.95. The van der Waals surface area contributed by atoms with Crippen molar-refractivity contribution in [1.82, 2.24) is 4.72 Å². The summed E-state index contributed by atoms with van der Waals surface area (Å²) < 4.78 is 25.8. The Balaban J connectivity index is 3.07. The summed E-state index contributed by atoms with van der Waals surface area (Å²) in [6.45, 7) is 3.31. The third-order valence-electron chi connectivity index (χ3n) is 1.70. The largest absolute Gasteiger partial charge is 0.399 e. The van der Waals surface area contributed by atoms with E-state index in [1.807, 2.05) is 0 Å². The molecule has 0 fully saturated rings. The van der Waals surface area contributed by atoms with E-state index in [9.17, 15) is 8.42 Å². The topological polar surface area (TPSA) is 72.2 Å². The van der Waals surface area contributed by atoms with Gasteiger partial charge in [0.1, 0.15) is 4.90 Å². The van der Waals surface area contributed by atoms with Gasteiger partial charge in [0.05, 0.1) is 5.02 Å². The van der Waals surface area contributed by atoms with E-state index >= 15 is 0 Å². The van der Waals surface area contributed by atoms with Crippen LogP contribution in [0.2, 0.25) is 5.02 Å². The number of anilines is 1. The lowest BCUT2D eigenvalue weighted by Crippen LogP contribution is -2.25. The van der Waals surface area contributed by atoms with Crippen molar-refractivity contribution in [2.24, 2.45) is 0 Å². The van der Waals surface area contributed by atoms with Gasteiger partial charge >= 0.3 is 0 Å². The minimum atomic E-state index is -3.72. The van der Waals surface area contributed by atoms with Crippen molar-refractivity contribution >= 4 is 38.9 Å². The van der Waals surface area contributed by atoms with Gasteiger partial charge < -0.3 is 5.73 Å². The van der Waals surface area contributed by atoms with Crippen molar-refractivity contribution in [2.45, 2.75) is 4.90 Å². The molecule has 88 valence electrons. The van der Waals surface area contributed by atoms with E-state index in [1.165, 1.54) is 18.2 Å². The maximum atomic E-state index is 11.8. The Labute approximate surface area is 104 Å². The second kappa shape index (κ2) is 5.05. The molecule has 0 heterocycles. The second-order valence-corrected chi connectivity index (χ2v) is 5.71. The van der Waals surface area contributed by atoms with Crippen molar-refractivity contribution in [2.75, 3.05) is 12.3 Å². The Morgan fingerprint density at radius 1 is 1.50 bits per heavy atom. The summed E-state index contributed by atoms with van der Waals surface area (Å²) in [4.78, 5) is -0.0768. The van der Waals surface area contributed by atoms with Gasteiger partial charge in [-0.2, -0.15) is 0 Å².